The van der Waals surface area contributed by atoms with Crippen molar-refractivity contribution in [3.8, 4) is 5.75 Å². The summed E-state index contributed by atoms with van der Waals surface area (Å²) in [6, 6.07) is 8.78. The molecular weight excluding hydrogens is 348 g/mol. The molecule has 0 aliphatic rings. The number of nitrogens with one attached hydrogen (secondary N) is 1. The summed E-state index contributed by atoms with van der Waals surface area (Å²) in [5.74, 6) is -0.569. The molecular formula is C19H20N4O4. The van der Waals surface area contributed by atoms with Crippen molar-refractivity contribution >= 4 is 28.6 Å². The summed E-state index contributed by atoms with van der Waals surface area (Å²) in [4.78, 5) is 28.5. The van der Waals surface area contributed by atoms with Crippen LogP contribution in [0.5, 0.6) is 5.75 Å². The monoisotopic (exact) mass is 368 g/mol. The second-order valence-electron chi connectivity index (χ2n) is 6.14. The molecule has 1 aromatic carbocycles. The second kappa shape index (κ2) is 7.86. The van der Waals surface area contributed by atoms with E-state index >= 15 is 0 Å². The minimum Gasteiger partial charge on any atom is -0.495 e. The lowest BCUT2D eigenvalue weighted by Gasteiger charge is -2.10. The number of anilines is 1. The molecule has 0 bridgehead atoms. The Labute approximate surface area is 156 Å². The fourth-order valence-electron chi connectivity index (χ4n) is 2.58. The number of ether oxygens (including phenoxy) is 2. The van der Waals surface area contributed by atoms with Gasteiger partial charge in [-0.15, -0.1) is 0 Å². The van der Waals surface area contributed by atoms with Gasteiger partial charge in [-0.3, -0.25) is 4.79 Å². The van der Waals surface area contributed by atoms with Gasteiger partial charge in [0.05, 0.1) is 24.6 Å². The Bertz CT molecular complexity index is 981. The normalized spacial score (nSPS) is 10.8. The minimum atomic E-state index is -0.628. The molecule has 8 nitrogen and oxygen atoms in total. The largest absolute Gasteiger partial charge is 0.495 e. The van der Waals surface area contributed by atoms with Crippen molar-refractivity contribution in [3.05, 3.63) is 48.3 Å². The smallest absolute Gasteiger partial charge is 0.340 e. The molecule has 8 heteroatoms. The van der Waals surface area contributed by atoms with Crippen LogP contribution in [0.25, 0.3) is 11.0 Å². The van der Waals surface area contributed by atoms with E-state index in [1.54, 1.807) is 41.2 Å². The van der Waals surface area contributed by atoms with Gasteiger partial charge < -0.3 is 14.8 Å². The lowest BCUT2D eigenvalue weighted by Crippen LogP contribution is -2.21. The maximum atomic E-state index is 12.2. The number of hydrogen-bond acceptors (Lipinski definition) is 6. The number of fused-ring (bicyclic) bond motifs is 1. The third-order valence-electron chi connectivity index (χ3n) is 3.87. The third-order valence-corrected chi connectivity index (χ3v) is 3.87. The van der Waals surface area contributed by atoms with E-state index in [0.717, 1.165) is 5.39 Å². The van der Waals surface area contributed by atoms with E-state index in [-0.39, 0.29) is 11.6 Å². The van der Waals surface area contributed by atoms with Gasteiger partial charge in [-0.2, -0.15) is 5.10 Å². The van der Waals surface area contributed by atoms with Crippen LogP contribution in [0.4, 0.5) is 5.69 Å². The van der Waals surface area contributed by atoms with Crippen molar-refractivity contribution in [3.63, 3.8) is 0 Å². The molecule has 0 spiro atoms. The van der Waals surface area contributed by atoms with Crippen LogP contribution in [0.2, 0.25) is 0 Å². The standard InChI is InChI=1S/C19H20N4O4/c1-12(2)23-18-13(10-21-23)8-14(9-20-18)19(25)27-11-17(24)22-15-6-4-5-7-16(15)26-3/h4-10,12H,11H2,1-3H3,(H,22,24). The lowest BCUT2D eigenvalue weighted by molar-refractivity contribution is -0.119. The molecule has 0 atom stereocenters. The van der Waals surface area contributed by atoms with E-state index < -0.39 is 18.5 Å². The van der Waals surface area contributed by atoms with Gasteiger partial charge in [0, 0.05) is 17.6 Å². The highest BCUT2D eigenvalue weighted by molar-refractivity contribution is 5.97. The lowest BCUT2D eigenvalue weighted by atomic mass is 10.2. The van der Waals surface area contributed by atoms with Crippen LogP contribution in [0.15, 0.2) is 42.7 Å². The first-order chi connectivity index (χ1) is 13.0. The molecule has 0 fully saturated rings. The van der Waals surface area contributed by atoms with Crippen molar-refractivity contribution in [1.29, 1.82) is 0 Å². The molecule has 2 heterocycles. The number of carbonyl (C=O) groups excluding carboxylic acids is 2. The zero-order valence-corrected chi connectivity index (χ0v) is 15.3. The van der Waals surface area contributed by atoms with Crippen LogP contribution in [0.3, 0.4) is 0 Å². The van der Waals surface area contributed by atoms with Crippen LogP contribution in [0, 0.1) is 0 Å². The van der Waals surface area contributed by atoms with Gasteiger partial charge in [-0.25, -0.2) is 14.5 Å². The number of rotatable bonds is 6. The van der Waals surface area contributed by atoms with Crippen molar-refractivity contribution in [2.75, 3.05) is 19.0 Å². The first-order valence-corrected chi connectivity index (χ1v) is 8.43. The average Bonchev–Trinajstić information content (AvgIpc) is 3.10. The molecule has 27 heavy (non-hydrogen) atoms. The Kier molecular flexibility index (Phi) is 5.35. The summed E-state index contributed by atoms with van der Waals surface area (Å²) in [7, 11) is 1.51. The van der Waals surface area contributed by atoms with Crippen LogP contribution < -0.4 is 10.1 Å². The van der Waals surface area contributed by atoms with E-state index in [4.69, 9.17) is 9.47 Å². The number of benzene rings is 1. The number of amides is 1. The molecule has 0 aliphatic carbocycles. The highest BCUT2D eigenvalue weighted by Gasteiger charge is 2.15. The van der Waals surface area contributed by atoms with E-state index in [1.807, 2.05) is 13.8 Å². The first-order valence-electron chi connectivity index (χ1n) is 8.43. The van der Waals surface area contributed by atoms with Crippen LogP contribution >= 0.6 is 0 Å². The van der Waals surface area contributed by atoms with Gasteiger partial charge in [0.25, 0.3) is 5.91 Å². The van der Waals surface area contributed by atoms with E-state index in [0.29, 0.717) is 17.1 Å². The summed E-state index contributed by atoms with van der Waals surface area (Å²) < 4.78 is 12.0. The number of hydrogen-bond donors (Lipinski definition) is 1. The quantitative estimate of drug-likeness (QED) is 0.672. The Balaban J connectivity index is 1.63. The molecule has 0 aliphatic heterocycles. The van der Waals surface area contributed by atoms with Gasteiger partial charge in [0.15, 0.2) is 12.3 Å². The van der Waals surface area contributed by atoms with Crippen LogP contribution in [0.1, 0.15) is 30.2 Å². The minimum absolute atomic E-state index is 0.159. The van der Waals surface area contributed by atoms with Crippen molar-refractivity contribution in [2.24, 2.45) is 0 Å². The Morgan fingerprint density at radius 1 is 1.22 bits per heavy atom. The summed E-state index contributed by atoms with van der Waals surface area (Å²) >= 11 is 0. The van der Waals surface area contributed by atoms with Gasteiger partial charge in [0.2, 0.25) is 0 Å². The highest BCUT2D eigenvalue weighted by atomic mass is 16.5. The maximum absolute atomic E-state index is 12.2. The molecule has 0 saturated carbocycles. The second-order valence-corrected chi connectivity index (χ2v) is 6.14. The van der Waals surface area contributed by atoms with E-state index in [1.165, 1.54) is 13.3 Å². The summed E-state index contributed by atoms with van der Waals surface area (Å²) in [5.41, 5.74) is 1.46. The molecule has 1 amide bonds. The molecule has 1 N–H and O–H groups in total. The number of nitrogens with zero attached hydrogens (tertiary/aromatic N) is 3. The van der Waals surface area contributed by atoms with Crippen LogP contribution in [-0.2, 0) is 9.53 Å². The van der Waals surface area contributed by atoms with Gasteiger partial charge in [0.1, 0.15) is 5.75 Å². The SMILES string of the molecule is COc1ccccc1NC(=O)COC(=O)c1cnc2c(cnn2C(C)C)c1. The van der Waals surface area contributed by atoms with Crippen molar-refractivity contribution < 1.29 is 19.1 Å². The topological polar surface area (TPSA) is 95.3 Å². The zero-order valence-electron chi connectivity index (χ0n) is 15.3. The van der Waals surface area contributed by atoms with E-state index in [9.17, 15) is 9.59 Å². The molecule has 3 aromatic rings. The summed E-state index contributed by atoms with van der Waals surface area (Å²) in [5, 5.41) is 7.64. The first kappa shape index (κ1) is 18.4. The third kappa shape index (κ3) is 4.05. The van der Waals surface area contributed by atoms with Crippen molar-refractivity contribution in [2.45, 2.75) is 19.9 Å². The summed E-state index contributed by atoms with van der Waals surface area (Å²) in [6.45, 7) is 3.58. The molecule has 0 radical (unpaired) electrons. The van der Waals surface area contributed by atoms with Gasteiger partial charge in [-0.05, 0) is 32.0 Å². The number of methoxy groups -OCH3 is 1. The number of carbonyl (C=O) groups is 2. The highest BCUT2D eigenvalue weighted by Crippen LogP contribution is 2.23. The molecule has 3 rings (SSSR count). The predicted octanol–water partition coefficient (Wildman–Crippen LogP) is 2.82. The Hall–Kier alpha value is -3.42. The molecule has 0 saturated heterocycles. The predicted molar refractivity (Wildman–Crippen MR) is 99.8 cm³/mol. The average molecular weight is 368 g/mol. The Morgan fingerprint density at radius 2 is 2.00 bits per heavy atom. The number of aromatic nitrogens is 3. The molecule has 0 unspecified atom stereocenters. The molecule has 140 valence electrons. The fraction of sp³-hybridized carbons (Fsp3) is 0.263. The Morgan fingerprint density at radius 3 is 2.74 bits per heavy atom. The number of esters is 1. The van der Waals surface area contributed by atoms with Gasteiger partial charge >= 0.3 is 5.97 Å². The zero-order chi connectivity index (χ0) is 19.4. The van der Waals surface area contributed by atoms with Crippen LogP contribution in [-0.4, -0.2) is 40.4 Å². The molecule has 2 aromatic heterocycles. The maximum Gasteiger partial charge on any atom is 0.340 e. The summed E-state index contributed by atoms with van der Waals surface area (Å²) in [6.07, 6.45) is 3.07. The van der Waals surface area contributed by atoms with Crippen molar-refractivity contribution in [1.82, 2.24) is 14.8 Å². The fourth-order valence-corrected chi connectivity index (χ4v) is 2.58. The number of pyridine rings is 1. The van der Waals surface area contributed by atoms with E-state index in [2.05, 4.69) is 15.4 Å². The van der Waals surface area contributed by atoms with Gasteiger partial charge in [-0.1, -0.05) is 12.1 Å². The number of para-hydroxylation sites is 2.